The summed E-state index contributed by atoms with van der Waals surface area (Å²) in [5, 5.41) is 9.32. The highest BCUT2D eigenvalue weighted by Crippen LogP contribution is 2.35. The number of furan rings is 1. The summed E-state index contributed by atoms with van der Waals surface area (Å²) in [6, 6.07) is 14.7. The first-order valence-electron chi connectivity index (χ1n) is 12.5. The molecule has 0 bridgehead atoms. The molecule has 0 saturated carbocycles. The zero-order chi connectivity index (χ0) is 29.3. The van der Waals surface area contributed by atoms with Crippen molar-refractivity contribution in [2.45, 2.75) is 24.8 Å². The monoisotopic (exact) mass is 592 g/mol. The minimum absolute atomic E-state index is 0.00500. The molecule has 2 aromatic carbocycles. The van der Waals surface area contributed by atoms with Crippen molar-refractivity contribution in [2.75, 3.05) is 20.0 Å². The number of carbonyl (C=O) groups is 1. The smallest absolute Gasteiger partial charge is 0.338 e. The molecule has 1 N–H and O–H groups in total. The molecule has 0 amide bonds. The van der Waals surface area contributed by atoms with Crippen LogP contribution >= 0.6 is 23.1 Å². The van der Waals surface area contributed by atoms with Gasteiger partial charge in [0.2, 0.25) is 0 Å². The van der Waals surface area contributed by atoms with Crippen molar-refractivity contribution in [3.63, 3.8) is 0 Å². The predicted molar refractivity (Wildman–Crippen MR) is 154 cm³/mol. The average Bonchev–Trinajstić information content (AvgIpc) is 3.56. The molecule has 1 aliphatic rings. The molecular weight excluding hydrogens is 566 g/mol. The maximum atomic E-state index is 13.8. The molecule has 1 atom stereocenters. The second-order valence-electron chi connectivity index (χ2n) is 8.93. The predicted octanol–water partition coefficient (Wildman–Crippen LogP) is 4.59. The Morgan fingerprint density at radius 2 is 1.98 bits per heavy atom. The molecule has 210 valence electrons. The first-order valence-corrected chi connectivity index (χ1v) is 14.6. The van der Waals surface area contributed by atoms with Crippen molar-refractivity contribution in [3.8, 4) is 17.1 Å². The Labute approximate surface area is 242 Å². The van der Waals surface area contributed by atoms with E-state index in [1.165, 1.54) is 35.1 Å². The summed E-state index contributed by atoms with van der Waals surface area (Å²) in [5.74, 6) is 0.665. The van der Waals surface area contributed by atoms with E-state index in [0.29, 0.717) is 43.4 Å². The highest BCUT2D eigenvalue weighted by Gasteiger charge is 2.33. The van der Waals surface area contributed by atoms with E-state index in [4.69, 9.17) is 13.9 Å². The van der Waals surface area contributed by atoms with E-state index < -0.39 is 12.0 Å². The van der Waals surface area contributed by atoms with E-state index in [1.807, 2.05) is 30.5 Å². The molecule has 0 radical (unpaired) electrons. The van der Waals surface area contributed by atoms with Crippen molar-refractivity contribution in [3.05, 3.63) is 102 Å². The standard InChI is InChI=1S/C29H26N3O7S2/c1-5-38-28(34)25-16(2)30-29-31(26(25)17-6-10-20(40-4)11-7-17)27(33)24(41-29)15-19-9-13-23(39-19)21-14-18(32(35)36)8-12-22(21)37-3/h6-15,26H,5H2,1-4H3,(H,35,36)/q+1/b24-15-. The number of thioether (sulfide) groups is 1. The lowest BCUT2D eigenvalue weighted by molar-refractivity contribution is -0.729. The minimum atomic E-state index is -0.712. The molecule has 0 saturated heterocycles. The van der Waals surface area contributed by atoms with Gasteiger partial charge < -0.3 is 13.9 Å². The van der Waals surface area contributed by atoms with Crippen LogP contribution in [-0.2, 0) is 9.53 Å². The lowest BCUT2D eigenvalue weighted by Crippen LogP contribution is -2.39. The van der Waals surface area contributed by atoms with Gasteiger partial charge in [0.1, 0.15) is 17.3 Å². The minimum Gasteiger partial charge on any atom is -0.496 e. The van der Waals surface area contributed by atoms with Crippen LogP contribution in [0.25, 0.3) is 17.4 Å². The quantitative estimate of drug-likeness (QED) is 0.179. The Morgan fingerprint density at radius 1 is 1.22 bits per heavy atom. The summed E-state index contributed by atoms with van der Waals surface area (Å²) >= 11 is 2.78. The van der Waals surface area contributed by atoms with Crippen molar-refractivity contribution in [2.24, 2.45) is 4.99 Å². The van der Waals surface area contributed by atoms with E-state index in [0.717, 1.165) is 10.5 Å². The van der Waals surface area contributed by atoms with E-state index >= 15 is 0 Å². The van der Waals surface area contributed by atoms with Crippen LogP contribution < -0.4 is 19.6 Å². The lowest BCUT2D eigenvalue weighted by Gasteiger charge is -2.24. The normalized spacial score (nSPS) is 14.9. The highest BCUT2D eigenvalue weighted by molar-refractivity contribution is 7.98. The number of aromatic nitrogens is 1. The molecule has 0 aliphatic carbocycles. The Hall–Kier alpha value is -4.42. The van der Waals surface area contributed by atoms with Crippen LogP contribution in [0.4, 0.5) is 5.69 Å². The summed E-state index contributed by atoms with van der Waals surface area (Å²) in [7, 11) is 1.48. The van der Waals surface area contributed by atoms with Crippen molar-refractivity contribution in [1.29, 1.82) is 0 Å². The van der Waals surface area contributed by atoms with Crippen LogP contribution in [0.1, 0.15) is 31.2 Å². The zero-order valence-electron chi connectivity index (χ0n) is 22.6. The van der Waals surface area contributed by atoms with Gasteiger partial charge in [-0.05, 0) is 56.0 Å². The van der Waals surface area contributed by atoms with Crippen molar-refractivity contribution >= 4 is 40.8 Å². The maximum Gasteiger partial charge on any atom is 0.338 e. The average molecular weight is 593 g/mol. The van der Waals surface area contributed by atoms with Gasteiger partial charge in [-0.25, -0.2) is 15.0 Å². The molecule has 0 spiro atoms. The fourth-order valence-corrected chi connectivity index (χ4v) is 6.04. The topological polar surface area (TPSA) is 123 Å². The number of esters is 1. The van der Waals surface area contributed by atoms with Crippen LogP contribution in [0, 0.1) is 4.91 Å². The van der Waals surface area contributed by atoms with Crippen LogP contribution in [-0.4, -0.2) is 40.6 Å². The Kier molecular flexibility index (Phi) is 7.95. The molecule has 12 heteroatoms. The number of methoxy groups -OCH3 is 1. The van der Waals surface area contributed by atoms with E-state index in [-0.39, 0.29) is 22.8 Å². The third kappa shape index (κ3) is 5.35. The molecular formula is C29H26N3O7S2+. The fraction of sp³-hybridized carbons (Fsp3) is 0.207. The van der Waals surface area contributed by atoms with Gasteiger partial charge in [-0.15, -0.1) is 11.8 Å². The van der Waals surface area contributed by atoms with E-state index in [2.05, 4.69) is 4.99 Å². The van der Waals surface area contributed by atoms with Crippen LogP contribution in [0.15, 0.2) is 85.0 Å². The van der Waals surface area contributed by atoms with Gasteiger partial charge in [0.05, 0.1) is 46.0 Å². The number of benzene rings is 2. The van der Waals surface area contributed by atoms with Gasteiger partial charge in [-0.3, -0.25) is 9.36 Å². The van der Waals surface area contributed by atoms with Crippen molar-refractivity contribution < 1.29 is 28.8 Å². The number of allylic oxidation sites excluding steroid dienone is 1. The number of hydrogen-bond acceptors (Lipinski definition) is 9. The molecule has 0 fully saturated rings. The van der Waals surface area contributed by atoms with E-state index in [9.17, 15) is 19.7 Å². The van der Waals surface area contributed by atoms with Gasteiger partial charge in [-0.2, -0.15) is 0 Å². The number of ether oxygens (including phenoxy) is 2. The molecule has 41 heavy (non-hydrogen) atoms. The van der Waals surface area contributed by atoms with Gasteiger partial charge in [0.25, 0.3) is 10.5 Å². The third-order valence-corrected chi connectivity index (χ3v) is 8.24. The SMILES string of the molecule is CCOC(=O)C1=C(C)N=c2s/c(=C\c3ccc(-c4cc([N+](=O)O)ccc4OC)o3)c(=O)n2C1c1ccc(SC)cc1. The molecule has 2 aromatic heterocycles. The second-order valence-corrected chi connectivity index (χ2v) is 10.8. The maximum absolute atomic E-state index is 13.8. The molecule has 3 heterocycles. The fourth-order valence-electron chi connectivity index (χ4n) is 4.60. The van der Waals surface area contributed by atoms with Crippen LogP contribution in [0.2, 0.25) is 0 Å². The van der Waals surface area contributed by atoms with Gasteiger partial charge in [0, 0.05) is 23.1 Å². The largest absolute Gasteiger partial charge is 0.496 e. The van der Waals surface area contributed by atoms with E-state index in [1.54, 1.807) is 49.9 Å². The first-order chi connectivity index (χ1) is 19.7. The number of thiazole rings is 1. The molecule has 10 nitrogen and oxygen atoms in total. The van der Waals surface area contributed by atoms with Gasteiger partial charge in [-0.1, -0.05) is 23.5 Å². The van der Waals surface area contributed by atoms with Gasteiger partial charge in [0.15, 0.2) is 4.80 Å². The van der Waals surface area contributed by atoms with Crippen LogP contribution in [0.3, 0.4) is 0 Å². The summed E-state index contributed by atoms with van der Waals surface area (Å²) in [5.41, 5.74) is 1.68. The number of carbonyl (C=O) groups excluding carboxylic acids is 1. The summed E-state index contributed by atoms with van der Waals surface area (Å²) < 4.78 is 18.6. The second kappa shape index (κ2) is 11.6. The Bertz CT molecular complexity index is 1870. The summed E-state index contributed by atoms with van der Waals surface area (Å²) in [6.45, 7) is 3.66. The van der Waals surface area contributed by atoms with Gasteiger partial charge >= 0.3 is 11.7 Å². The zero-order valence-corrected chi connectivity index (χ0v) is 24.2. The Morgan fingerprint density at radius 3 is 2.63 bits per heavy atom. The molecule has 1 unspecified atom stereocenters. The highest BCUT2D eigenvalue weighted by atomic mass is 32.2. The first kappa shape index (κ1) is 28.1. The molecule has 5 rings (SSSR count). The van der Waals surface area contributed by atoms with Crippen LogP contribution in [0.5, 0.6) is 5.75 Å². The summed E-state index contributed by atoms with van der Waals surface area (Å²) in [4.78, 5) is 44.2. The number of nitrogens with zero attached hydrogens (tertiary/aromatic N) is 3. The molecule has 1 aliphatic heterocycles. The number of rotatable bonds is 8. The lowest BCUT2D eigenvalue weighted by atomic mass is 9.96. The molecule has 4 aromatic rings. The summed E-state index contributed by atoms with van der Waals surface area (Å²) in [6.07, 6.45) is 3.58. The number of fused-ring (bicyclic) bond motifs is 1. The number of hydrogen-bond donors (Lipinski definition) is 1. The third-order valence-electron chi connectivity index (χ3n) is 6.52. The van der Waals surface area contributed by atoms with Crippen molar-refractivity contribution in [1.82, 2.24) is 4.57 Å². The Balaban J connectivity index is 1.62.